The van der Waals surface area contributed by atoms with Crippen LogP contribution in [0, 0.1) is 11.8 Å². The molecule has 2 heterocycles. The van der Waals surface area contributed by atoms with Crippen molar-refractivity contribution in [3.63, 3.8) is 0 Å². The summed E-state index contributed by atoms with van der Waals surface area (Å²) >= 11 is 0. The Morgan fingerprint density at radius 3 is 2.46 bits per heavy atom. The van der Waals surface area contributed by atoms with Crippen molar-refractivity contribution in [2.45, 2.75) is 58.4 Å². The summed E-state index contributed by atoms with van der Waals surface area (Å²) in [5.41, 5.74) is 6.78. The van der Waals surface area contributed by atoms with E-state index in [1.165, 1.54) is 25.7 Å². The molecule has 0 amide bonds. The van der Waals surface area contributed by atoms with Gasteiger partial charge in [-0.2, -0.15) is 9.97 Å². The number of nitrogens with two attached hydrogens (primary N) is 1. The second-order valence-electron chi connectivity index (χ2n) is 6.36. The van der Waals surface area contributed by atoms with Crippen LogP contribution in [0.5, 0.6) is 5.88 Å². The number of methoxy groups -OCH3 is 1. The third-order valence-electron chi connectivity index (χ3n) is 4.35. The lowest BCUT2D eigenvalue weighted by Crippen LogP contribution is -2.10. The largest absolute Gasteiger partial charge is 0.464 e. The summed E-state index contributed by atoms with van der Waals surface area (Å²) in [7, 11) is 1.61. The molecular weight excluding hydrogens is 328 g/mol. The molecule has 0 saturated carbocycles. The third kappa shape index (κ3) is 5.37. The van der Waals surface area contributed by atoms with Gasteiger partial charge < -0.3 is 19.8 Å². The predicted molar refractivity (Wildman–Crippen MR) is 105 cm³/mol. The van der Waals surface area contributed by atoms with E-state index in [-0.39, 0.29) is 12.6 Å². The highest BCUT2D eigenvalue weighted by molar-refractivity contribution is 5.82. The van der Waals surface area contributed by atoms with Crippen molar-refractivity contribution in [3.05, 3.63) is 12.3 Å². The van der Waals surface area contributed by atoms with Gasteiger partial charge in [0, 0.05) is 19.3 Å². The molecule has 2 N–H and O–H groups in total. The van der Waals surface area contributed by atoms with Crippen LogP contribution >= 0.6 is 0 Å². The standard InChI is InChI=1S/C20H30N4O2/c1-4-6-10-16(11-7-5-2)24-13-12-17-18(24)22-20(21)23-19(17)26-15-9-8-14-25-3/h12-13,16H,4-7,10-11,14-15H2,1-3H3,(H2,21,22,23). The molecule has 0 aliphatic rings. The van der Waals surface area contributed by atoms with Crippen molar-refractivity contribution >= 4 is 17.0 Å². The van der Waals surface area contributed by atoms with Gasteiger partial charge in [-0.15, -0.1) is 0 Å². The van der Waals surface area contributed by atoms with Crippen LogP contribution in [0.3, 0.4) is 0 Å². The van der Waals surface area contributed by atoms with E-state index in [2.05, 4.69) is 46.4 Å². The minimum absolute atomic E-state index is 0.224. The second-order valence-corrected chi connectivity index (χ2v) is 6.36. The number of ether oxygens (including phenoxy) is 2. The third-order valence-corrected chi connectivity index (χ3v) is 4.35. The Bertz CT molecular complexity index is 737. The van der Waals surface area contributed by atoms with Gasteiger partial charge in [0.2, 0.25) is 11.8 Å². The maximum Gasteiger partial charge on any atom is 0.228 e. The minimum atomic E-state index is 0.224. The zero-order valence-corrected chi connectivity index (χ0v) is 16.1. The van der Waals surface area contributed by atoms with Crippen molar-refractivity contribution in [2.24, 2.45) is 0 Å². The molecule has 0 spiro atoms. The molecule has 0 radical (unpaired) electrons. The number of aromatic nitrogens is 3. The van der Waals surface area contributed by atoms with Crippen LogP contribution in [-0.2, 0) is 4.74 Å². The Balaban J connectivity index is 2.27. The Morgan fingerprint density at radius 1 is 1.12 bits per heavy atom. The highest BCUT2D eigenvalue weighted by atomic mass is 16.5. The van der Waals surface area contributed by atoms with Gasteiger partial charge in [0.1, 0.15) is 12.3 Å². The molecule has 0 fully saturated rings. The molecule has 2 aromatic rings. The first-order valence-corrected chi connectivity index (χ1v) is 9.42. The highest BCUT2D eigenvalue weighted by Crippen LogP contribution is 2.30. The van der Waals surface area contributed by atoms with E-state index in [1.807, 2.05) is 6.07 Å². The maximum atomic E-state index is 5.93. The number of nitrogen functional groups attached to an aromatic ring is 1. The van der Waals surface area contributed by atoms with Crippen LogP contribution in [0.25, 0.3) is 11.0 Å². The van der Waals surface area contributed by atoms with E-state index in [4.69, 9.17) is 15.2 Å². The molecule has 0 bridgehead atoms. The SMILES string of the molecule is CCCCC(CCCC)n1ccc2c(OCC#CCOC)nc(N)nc21. The average molecular weight is 358 g/mol. The number of unbranched alkanes of at least 4 members (excludes halogenated alkanes) is 2. The Morgan fingerprint density at radius 2 is 1.81 bits per heavy atom. The molecule has 0 aliphatic heterocycles. The summed E-state index contributed by atoms with van der Waals surface area (Å²) in [6.45, 7) is 5.08. The fourth-order valence-electron chi connectivity index (χ4n) is 3.01. The van der Waals surface area contributed by atoms with E-state index in [9.17, 15) is 0 Å². The highest BCUT2D eigenvalue weighted by Gasteiger charge is 2.17. The van der Waals surface area contributed by atoms with Crippen molar-refractivity contribution in [1.82, 2.24) is 14.5 Å². The summed E-state index contributed by atoms with van der Waals surface area (Å²) in [4.78, 5) is 8.73. The molecule has 26 heavy (non-hydrogen) atoms. The Hall–Kier alpha value is -2.26. The molecule has 0 unspecified atom stereocenters. The normalized spacial score (nSPS) is 10.9. The first-order chi connectivity index (χ1) is 12.7. The molecule has 0 atom stereocenters. The van der Waals surface area contributed by atoms with E-state index in [0.29, 0.717) is 18.5 Å². The first kappa shape index (κ1) is 20.1. The summed E-state index contributed by atoms with van der Waals surface area (Å²) < 4.78 is 12.9. The van der Waals surface area contributed by atoms with Gasteiger partial charge in [-0.1, -0.05) is 51.4 Å². The van der Waals surface area contributed by atoms with Crippen LogP contribution in [0.4, 0.5) is 5.95 Å². The zero-order chi connectivity index (χ0) is 18.8. The van der Waals surface area contributed by atoms with Gasteiger partial charge in [-0.3, -0.25) is 0 Å². The number of hydrogen-bond donors (Lipinski definition) is 1. The van der Waals surface area contributed by atoms with Crippen LogP contribution in [0.2, 0.25) is 0 Å². The Labute approximate surface area is 156 Å². The lowest BCUT2D eigenvalue weighted by atomic mass is 10.0. The van der Waals surface area contributed by atoms with Gasteiger partial charge in [-0.25, -0.2) is 0 Å². The number of fused-ring (bicyclic) bond motifs is 1. The molecule has 2 aromatic heterocycles. The molecular formula is C20H30N4O2. The van der Waals surface area contributed by atoms with E-state index in [1.54, 1.807) is 7.11 Å². The van der Waals surface area contributed by atoms with Gasteiger partial charge in [0.25, 0.3) is 0 Å². The number of anilines is 1. The van der Waals surface area contributed by atoms with Crippen molar-refractivity contribution in [1.29, 1.82) is 0 Å². The smallest absolute Gasteiger partial charge is 0.228 e. The van der Waals surface area contributed by atoms with Gasteiger partial charge in [0.15, 0.2) is 6.61 Å². The lowest BCUT2D eigenvalue weighted by Gasteiger charge is -2.19. The summed E-state index contributed by atoms with van der Waals surface area (Å²) in [5, 5.41) is 0.880. The number of hydrogen-bond acceptors (Lipinski definition) is 5. The maximum absolute atomic E-state index is 5.93. The molecule has 6 nitrogen and oxygen atoms in total. The van der Waals surface area contributed by atoms with Gasteiger partial charge >= 0.3 is 0 Å². The molecule has 0 aliphatic carbocycles. The van der Waals surface area contributed by atoms with Crippen molar-refractivity contribution < 1.29 is 9.47 Å². The average Bonchev–Trinajstić information content (AvgIpc) is 3.05. The second kappa shape index (κ2) is 10.7. The fourth-order valence-corrected chi connectivity index (χ4v) is 3.01. The summed E-state index contributed by atoms with van der Waals surface area (Å²) in [5.74, 6) is 6.47. The van der Waals surface area contributed by atoms with Crippen molar-refractivity contribution in [3.8, 4) is 17.7 Å². The van der Waals surface area contributed by atoms with Crippen LogP contribution in [-0.4, -0.2) is 34.9 Å². The number of nitrogens with zero attached hydrogens (tertiary/aromatic N) is 3. The van der Waals surface area contributed by atoms with Crippen LogP contribution in [0.1, 0.15) is 58.4 Å². The minimum Gasteiger partial charge on any atom is -0.464 e. The van der Waals surface area contributed by atoms with Crippen molar-refractivity contribution in [2.75, 3.05) is 26.1 Å². The van der Waals surface area contributed by atoms with Gasteiger partial charge in [-0.05, 0) is 18.9 Å². The zero-order valence-electron chi connectivity index (χ0n) is 16.1. The van der Waals surface area contributed by atoms with E-state index < -0.39 is 0 Å². The molecule has 0 saturated heterocycles. The van der Waals surface area contributed by atoms with E-state index >= 15 is 0 Å². The molecule has 142 valence electrons. The lowest BCUT2D eigenvalue weighted by molar-refractivity contribution is 0.239. The monoisotopic (exact) mass is 358 g/mol. The van der Waals surface area contributed by atoms with Gasteiger partial charge in [0.05, 0.1) is 5.39 Å². The first-order valence-electron chi connectivity index (χ1n) is 9.42. The summed E-state index contributed by atoms with van der Waals surface area (Å²) in [6.07, 6.45) is 9.14. The predicted octanol–water partition coefficient (Wildman–Crippen LogP) is 3.96. The molecule has 6 heteroatoms. The van der Waals surface area contributed by atoms with Crippen LogP contribution in [0.15, 0.2) is 12.3 Å². The molecule has 2 rings (SSSR count). The topological polar surface area (TPSA) is 75.2 Å². The Kier molecular flexibility index (Phi) is 8.23. The fraction of sp³-hybridized carbons (Fsp3) is 0.600. The summed E-state index contributed by atoms with van der Waals surface area (Å²) in [6, 6.07) is 2.44. The van der Waals surface area contributed by atoms with E-state index in [0.717, 1.165) is 23.9 Å². The van der Waals surface area contributed by atoms with Crippen LogP contribution < -0.4 is 10.5 Å². The quantitative estimate of drug-likeness (QED) is 0.651. The number of rotatable bonds is 10. The molecule has 0 aromatic carbocycles.